The Labute approximate surface area is 128 Å². The third kappa shape index (κ3) is 2.35. The molecule has 7 nitrogen and oxygen atoms in total. The van der Waals surface area contributed by atoms with Gasteiger partial charge in [-0.05, 0) is 32.1 Å². The Balaban J connectivity index is 1.33. The van der Waals surface area contributed by atoms with Gasteiger partial charge in [-0.15, -0.1) is 18.3 Å². The fourth-order valence-corrected chi connectivity index (χ4v) is 4.16. The first-order chi connectivity index (χ1) is 10.7. The molecule has 0 atom stereocenters. The summed E-state index contributed by atoms with van der Waals surface area (Å²) in [6, 6.07) is -0.123. The third-order valence-electron chi connectivity index (χ3n) is 5.20. The average molecular weight is 332 g/mol. The molecule has 0 spiro atoms. The molecule has 0 unspecified atom stereocenters. The summed E-state index contributed by atoms with van der Waals surface area (Å²) < 4.78 is 41.9. The van der Waals surface area contributed by atoms with Crippen molar-refractivity contribution in [3.63, 3.8) is 0 Å². The summed E-state index contributed by atoms with van der Waals surface area (Å²) in [4.78, 5) is 10.7. The summed E-state index contributed by atoms with van der Waals surface area (Å²) in [6.07, 6.45) is -2.02. The van der Waals surface area contributed by atoms with Crippen molar-refractivity contribution in [3.8, 4) is 0 Å². The van der Waals surface area contributed by atoms with Gasteiger partial charge in [-0.2, -0.15) is 0 Å². The molecule has 1 amide bonds. The summed E-state index contributed by atoms with van der Waals surface area (Å²) in [7, 11) is 0. The van der Waals surface area contributed by atoms with E-state index in [1.807, 2.05) is 0 Å². The first kappa shape index (κ1) is 14.7. The van der Waals surface area contributed by atoms with Crippen LogP contribution in [0.4, 0.5) is 18.0 Å². The Morgan fingerprint density at radius 2 is 2.04 bits per heavy atom. The average Bonchev–Trinajstić information content (AvgIpc) is 2.73. The van der Waals surface area contributed by atoms with E-state index in [9.17, 15) is 18.0 Å². The second kappa shape index (κ2) is 4.37. The molecule has 4 aliphatic carbocycles. The fourth-order valence-electron chi connectivity index (χ4n) is 4.16. The molecule has 4 fully saturated rings. The second-order valence-corrected chi connectivity index (χ2v) is 6.92. The zero-order valence-corrected chi connectivity index (χ0v) is 12.0. The number of alkyl halides is 3. The molecular weight excluding hydrogens is 317 g/mol. The van der Waals surface area contributed by atoms with Gasteiger partial charge in [0.2, 0.25) is 0 Å². The minimum Gasteiger partial charge on any atom is -0.465 e. The van der Waals surface area contributed by atoms with Crippen LogP contribution in [0.25, 0.3) is 0 Å². The predicted octanol–water partition coefficient (Wildman–Crippen LogP) is 1.96. The number of hydrogen-bond donors (Lipinski definition) is 2. The summed E-state index contributed by atoms with van der Waals surface area (Å²) in [5.41, 5.74) is 0.357. The number of amides is 1. The Bertz CT molecular complexity index is 633. The number of carboxylic acid groups (broad SMARTS) is 1. The van der Waals surface area contributed by atoms with Gasteiger partial charge in [0.1, 0.15) is 0 Å². The van der Waals surface area contributed by atoms with E-state index in [4.69, 9.17) is 5.11 Å². The van der Waals surface area contributed by atoms with Gasteiger partial charge < -0.3 is 10.4 Å². The van der Waals surface area contributed by atoms with E-state index in [0.29, 0.717) is 19.3 Å². The summed E-state index contributed by atoms with van der Waals surface area (Å²) >= 11 is 0. The van der Waals surface area contributed by atoms with E-state index < -0.39 is 18.6 Å². The lowest BCUT2D eigenvalue weighted by molar-refractivity contribution is -0.353. The molecule has 23 heavy (non-hydrogen) atoms. The maximum absolute atomic E-state index is 12.1. The molecule has 10 heteroatoms. The van der Waals surface area contributed by atoms with Crippen LogP contribution in [-0.2, 0) is 10.2 Å². The fraction of sp³-hybridized carbons (Fsp3) is 0.769. The van der Waals surface area contributed by atoms with Crippen LogP contribution >= 0.6 is 0 Å². The number of nitrogens with one attached hydrogen (secondary N) is 1. The van der Waals surface area contributed by atoms with Crippen LogP contribution in [0.15, 0.2) is 6.20 Å². The topological polar surface area (TPSA) is 89.3 Å². The molecule has 1 aromatic rings. The molecule has 126 valence electrons. The highest BCUT2D eigenvalue weighted by Gasteiger charge is 2.70. The van der Waals surface area contributed by atoms with Gasteiger partial charge in [-0.25, -0.2) is 9.48 Å². The summed E-state index contributed by atoms with van der Waals surface area (Å²) in [6.45, 7) is 0. The van der Waals surface area contributed by atoms with E-state index in [2.05, 4.69) is 20.4 Å². The highest BCUT2D eigenvalue weighted by Crippen LogP contribution is 2.67. The van der Waals surface area contributed by atoms with Crippen LogP contribution in [0.3, 0.4) is 0 Å². The molecule has 0 radical (unpaired) electrons. The first-order valence-electron chi connectivity index (χ1n) is 7.37. The Morgan fingerprint density at radius 1 is 1.39 bits per heavy atom. The van der Waals surface area contributed by atoms with E-state index in [1.54, 1.807) is 10.9 Å². The smallest absolute Gasteiger partial charge is 0.465 e. The zero-order valence-electron chi connectivity index (χ0n) is 12.0. The normalized spacial score (nSPS) is 38.2. The Hall–Kier alpha value is -1.84. The summed E-state index contributed by atoms with van der Waals surface area (Å²) in [5, 5.41) is 19.5. The largest absolute Gasteiger partial charge is 0.522 e. The van der Waals surface area contributed by atoms with E-state index in [-0.39, 0.29) is 29.8 Å². The predicted molar refractivity (Wildman–Crippen MR) is 68.6 cm³/mol. The van der Waals surface area contributed by atoms with Crippen LogP contribution in [0.5, 0.6) is 0 Å². The van der Waals surface area contributed by atoms with Crippen molar-refractivity contribution in [1.82, 2.24) is 20.3 Å². The molecule has 1 heterocycles. The molecule has 4 aliphatic rings. The molecular formula is C13H15F3N4O3. The van der Waals surface area contributed by atoms with E-state index in [1.165, 1.54) is 0 Å². The van der Waals surface area contributed by atoms with Gasteiger partial charge in [0.25, 0.3) is 0 Å². The lowest BCUT2D eigenvalue weighted by atomic mass is 9.38. The van der Waals surface area contributed by atoms with Crippen LogP contribution in [0.2, 0.25) is 0 Å². The number of nitrogens with zero attached hydrogens (tertiary/aromatic N) is 3. The molecule has 0 aromatic carbocycles. The standard InChI is InChI=1S/C13H15F3N4O3/c14-13(15,16)23-8-1-7(2-8)20-3-9(18-19-20)11-4-12(5-11,6-11)17-10(21)22/h3,7-8,17H,1-2,4-6H2,(H,21,22)/t7-,8+,11?,12?. The molecule has 2 bridgehead atoms. The first-order valence-corrected chi connectivity index (χ1v) is 7.37. The minimum atomic E-state index is -4.60. The van der Waals surface area contributed by atoms with Gasteiger partial charge in [-0.1, -0.05) is 5.21 Å². The van der Waals surface area contributed by atoms with E-state index >= 15 is 0 Å². The van der Waals surface area contributed by atoms with Gasteiger partial charge in [0.05, 0.1) is 17.8 Å². The lowest BCUT2D eigenvalue weighted by Gasteiger charge is -2.69. The van der Waals surface area contributed by atoms with Crippen LogP contribution in [0, 0.1) is 0 Å². The van der Waals surface area contributed by atoms with Gasteiger partial charge in [-0.3, -0.25) is 4.74 Å². The monoisotopic (exact) mass is 332 g/mol. The number of rotatable bonds is 4. The van der Waals surface area contributed by atoms with Crippen molar-refractivity contribution in [3.05, 3.63) is 11.9 Å². The Kier molecular flexibility index (Phi) is 2.80. The number of hydrogen-bond acceptors (Lipinski definition) is 4. The molecule has 2 N–H and O–H groups in total. The molecule has 0 saturated heterocycles. The van der Waals surface area contributed by atoms with Crippen molar-refractivity contribution in [2.75, 3.05) is 0 Å². The Morgan fingerprint density at radius 3 is 2.61 bits per heavy atom. The lowest BCUT2D eigenvalue weighted by Crippen LogP contribution is -2.76. The molecule has 5 rings (SSSR count). The number of carbonyl (C=O) groups is 1. The van der Waals surface area contributed by atoms with Crippen molar-refractivity contribution in [2.24, 2.45) is 0 Å². The third-order valence-corrected chi connectivity index (χ3v) is 5.20. The zero-order chi connectivity index (χ0) is 16.5. The number of aromatic nitrogens is 3. The van der Waals surface area contributed by atoms with E-state index in [0.717, 1.165) is 5.69 Å². The highest BCUT2D eigenvalue weighted by atomic mass is 19.4. The van der Waals surface area contributed by atoms with Crippen molar-refractivity contribution in [1.29, 1.82) is 0 Å². The molecule has 4 saturated carbocycles. The highest BCUT2D eigenvalue weighted by molar-refractivity contribution is 5.67. The van der Waals surface area contributed by atoms with Gasteiger partial charge in [0.15, 0.2) is 0 Å². The van der Waals surface area contributed by atoms with Gasteiger partial charge >= 0.3 is 12.5 Å². The van der Waals surface area contributed by atoms with Gasteiger partial charge in [0, 0.05) is 17.2 Å². The van der Waals surface area contributed by atoms with Crippen molar-refractivity contribution in [2.45, 2.75) is 61.6 Å². The maximum atomic E-state index is 12.1. The molecule has 0 aliphatic heterocycles. The number of halogens is 3. The quantitative estimate of drug-likeness (QED) is 0.880. The minimum absolute atomic E-state index is 0.119. The second-order valence-electron chi connectivity index (χ2n) is 6.92. The number of ether oxygens (including phenoxy) is 1. The maximum Gasteiger partial charge on any atom is 0.522 e. The van der Waals surface area contributed by atoms with Crippen LogP contribution in [0.1, 0.15) is 43.8 Å². The van der Waals surface area contributed by atoms with Crippen molar-refractivity contribution < 1.29 is 27.8 Å². The summed E-state index contributed by atoms with van der Waals surface area (Å²) in [5.74, 6) is 0. The SMILES string of the molecule is O=C(O)NC12CC(c3cn([C@H]4C[C@@H](OC(F)(F)F)C4)nn3)(C1)C2. The van der Waals surface area contributed by atoms with Crippen LogP contribution < -0.4 is 5.32 Å². The van der Waals surface area contributed by atoms with Crippen molar-refractivity contribution >= 4 is 6.09 Å². The molecule has 1 aromatic heterocycles. The van der Waals surface area contributed by atoms with Crippen LogP contribution in [-0.4, -0.2) is 44.2 Å².